The summed E-state index contributed by atoms with van der Waals surface area (Å²) < 4.78 is 5.94. The highest BCUT2D eigenvalue weighted by Gasteiger charge is 2.41. The Morgan fingerprint density at radius 1 is 0.862 bits per heavy atom. The molecule has 4 nitrogen and oxygen atoms in total. The molecule has 3 unspecified atom stereocenters. The molecule has 1 N–H and O–H groups in total. The summed E-state index contributed by atoms with van der Waals surface area (Å²) in [7, 11) is 0. The highest BCUT2D eigenvalue weighted by Crippen LogP contribution is 2.48. The molecule has 4 heteroatoms. The maximum absolute atomic E-state index is 12.8. The van der Waals surface area contributed by atoms with Crippen molar-refractivity contribution >= 4 is 12.3 Å². The van der Waals surface area contributed by atoms with Gasteiger partial charge in [-0.2, -0.15) is 0 Å². The first-order chi connectivity index (χ1) is 13.8. The molecule has 0 aromatic carbocycles. The molecule has 0 spiro atoms. The normalized spacial score (nSPS) is 39.4. The van der Waals surface area contributed by atoms with Crippen molar-refractivity contribution in [3.05, 3.63) is 0 Å². The van der Waals surface area contributed by atoms with E-state index in [2.05, 4.69) is 20.8 Å². The molecule has 3 atom stereocenters. The minimum Gasteiger partial charge on any atom is -0.462 e. The van der Waals surface area contributed by atoms with Gasteiger partial charge in [0, 0.05) is 5.92 Å². The van der Waals surface area contributed by atoms with E-state index < -0.39 is 0 Å². The molecule has 0 aliphatic heterocycles. The van der Waals surface area contributed by atoms with Crippen molar-refractivity contribution in [3.8, 4) is 0 Å². The third-order valence-corrected chi connectivity index (χ3v) is 8.72. The number of aliphatic hydroxyl groups is 1. The van der Waals surface area contributed by atoms with Crippen LogP contribution in [-0.2, 0) is 14.3 Å². The topological polar surface area (TPSA) is 63.6 Å². The summed E-state index contributed by atoms with van der Waals surface area (Å²) in [5.41, 5.74) is 0.287. The van der Waals surface area contributed by atoms with Crippen molar-refractivity contribution in [2.75, 3.05) is 0 Å². The number of ether oxygens (including phenoxy) is 1. The summed E-state index contributed by atoms with van der Waals surface area (Å²) >= 11 is 0. The summed E-state index contributed by atoms with van der Waals surface area (Å²) in [5.74, 6) is 1.43. The Kier molecular flexibility index (Phi) is 7.81. The lowest BCUT2D eigenvalue weighted by atomic mass is 9.60. The maximum Gasteiger partial charge on any atom is 0.309 e. The molecule has 0 heterocycles. The van der Waals surface area contributed by atoms with Gasteiger partial charge < -0.3 is 14.6 Å². The number of carbonyl (C=O) groups excluding carboxylic acids is 2. The SMILES string of the molecule is CC1CCC(C=O)C(C(=O)OC2CCC(C(C)(C)C3CCC(O)CC3)CC2)CC1. The summed E-state index contributed by atoms with van der Waals surface area (Å²) in [6.07, 6.45) is 12.9. The van der Waals surface area contributed by atoms with Gasteiger partial charge in [-0.1, -0.05) is 27.2 Å². The van der Waals surface area contributed by atoms with Crippen LogP contribution in [0.25, 0.3) is 0 Å². The molecule has 0 radical (unpaired) electrons. The van der Waals surface area contributed by atoms with Gasteiger partial charge in [0.1, 0.15) is 12.4 Å². The van der Waals surface area contributed by atoms with E-state index in [1.54, 1.807) is 0 Å². The van der Waals surface area contributed by atoms with E-state index in [1.165, 1.54) is 0 Å². The zero-order chi connectivity index (χ0) is 21.0. The van der Waals surface area contributed by atoms with Gasteiger partial charge in [-0.05, 0) is 93.8 Å². The van der Waals surface area contributed by atoms with E-state index in [9.17, 15) is 14.7 Å². The van der Waals surface area contributed by atoms with Crippen LogP contribution in [0.5, 0.6) is 0 Å². The summed E-state index contributed by atoms with van der Waals surface area (Å²) in [5, 5.41) is 9.83. The van der Waals surface area contributed by atoms with Gasteiger partial charge in [-0.3, -0.25) is 4.79 Å². The Labute approximate surface area is 177 Å². The number of hydrogen-bond acceptors (Lipinski definition) is 4. The lowest BCUT2D eigenvalue weighted by molar-refractivity contribution is -0.159. The lowest BCUT2D eigenvalue weighted by Crippen LogP contribution is -2.39. The van der Waals surface area contributed by atoms with Crippen molar-refractivity contribution in [1.82, 2.24) is 0 Å². The first-order valence-electron chi connectivity index (χ1n) is 12.1. The Bertz CT molecular complexity index is 541. The second kappa shape index (κ2) is 9.94. The molecule has 0 aromatic rings. The number of rotatable bonds is 5. The van der Waals surface area contributed by atoms with Gasteiger partial charge in [0.15, 0.2) is 0 Å². The average Bonchev–Trinajstić information content (AvgIpc) is 2.90. The van der Waals surface area contributed by atoms with E-state index in [-0.39, 0.29) is 35.4 Å². The van der Waals surface area contributed by atoms with Crippen molar-refractivity contribution in [2.24, 2.45) is 35.0 Å². The minimum absolute atomic E-state index is 0.0238. The number of carbonyl (C=O) groups is 2. The monoisotopic (exact) mass is 406 g/mol. The number of aliphatic hydroxyl groups excluding tert-OH is 1. The van der Waals surface area contributed by atoms with Crippen LogP contribution < -0.4 is 0 Å². The Hall–Kier alpha value is -0.900. The second-order valence-corrected chi connectivity index (χ2v) is 10.9. The quantitative estimate of drug-likeness (QED) is 0.382. The van der Waals surface area contributed by atoms with E-state index in [1.807, 2.05) is 0 Å². The number of aldehydes is 1. The second-order valence-electron chi connectivity index (χ2n) is 10.9. The standard InChI is InChI=1S/C25H42O4/c1-17-4-6-18(16-26)23(15-5-17)24(28)29-22-13-9-20(10-14-22)25(2,3)19-7-11-21(27)12-8-19/h16-23,27H,4-15H2,1-3H3. The number of esters is 1. The zero-order valence-electron chi connectivity index (χ0n) is 18.8. The molecule has 29 heavy (non-hydrogen) atoms. The molecule has 0 saturated heterocycles. The van der Waals surface area contributed by atoms with Crippen LogP contribution in [0.4, 0.5) is 0 Å². The van der Waals surface area contributed by atoms with Crippen LogP contribution in [0.3, 0.4) is 0 Å². The van der Waals surface area contributed by atoms with Gasteiger partial charge in [0.2, 0.25) is 0 Å². The molecule has 0 bridgehead atoms. The molecule has 3 aliphatic rings. The van der Waals surface area contributed by atoms with E-state index in [0.717, 1.165) is 83.3 Å². The van der Waals surface area contributed by atoms with Gasteiger partial charge in [0.25, 0.3) is 0 Å². The van der Waals surface area contributed by atoms with Crippen molar-refractivity contribution in [3.63, 3.8) is 0 Å². The molecular weight excluding hydrogens is 364 g/mol. The zero-order valence-corrected chi connectivity index (χ0v) is 18.8. The Balaban J connectivity index is 1.50. The first kappa shape index (κ1) is 22.8. The van der Waals surface area contributed by atoms with E-state index >= 15 is 0 Å². The number of hydrogen-bond donors (Lipinski definition) is 1. The predicted molar refractivity (Wildman–Crippen MR) is 114 cm³/mol. The highest BCUT2D eigenvalue weighted by atomic mass is 16.5. The van der Waals surface area contributed by atoms with Crippen LogP contribution in [-0.4, -0.2) is 29.6 Å². The fraction of sp³-hybridized carbons (Fsp3) is 0.920. The summed E-state index contributed by atoms with van der Waals surface area (Å²) in [6, 6.07) is 0. The molecule has 0 aromatic heterocycles. The van der Waals surface area contributed by atoms with Crippen molar-refractivity contribution in [2.45, 2.75) is 110 Å². The van der Waals surface area contributed by atoms with Crippen LogP contribution >= 0.6 is 0 Å². The average molecular weight is 407 g/mol. The smallest absolute Gasteiger partial charge is 0.309 e. The van der Waals surface area contributed by atoms with E-state index in [0.29, 0.717) is 17.8 Å². The third-order valence-electron chi connectivity index (χ3n) is 8.72. The minimum atomic E-state index is -0.236. The summed E-state index contributed by atoms with van der Waals surface area (Å²) in [4.78, 5) is 24.4. The largest absolute Gasteiger partial charge is 0.462 e. The fourth-order valence-corrected chi connectivity index (χ4v) is 6.29. The highest BCUT2D eigenvalue weighted by molar-refractivity contribution is 5.77. The van der Waals surface area contributed by atoms with Crippen molar-refractivity contribution < 1.29 is 19.4 Å². The molecule has 3 rings (SSSR count). The molecule has 0 amide bonds. The predicted octanol–water partition coefficient (Wildman–Crippen LogP) is 5.31. The van der Waals surface area contributed by atoms with Gasteiger partial charge in [-0.15, -0.1) is 0 Å². The molecule has 3 aliphatic carbocycles. The maximum atomic E-state index is 12.8. The first-order valence-corrected chi connectivity index (χ1v) is 12.1. The third kappa shape index (κ3) is 5.62. The molecular formula is C25H42O4. The fourth-order valence-electron chi connectivity index (χ4n) is 6.29. The van der Waals surface area contributed by atoms with Crippen LogP contribution in [0.1, 0.15) is 97.8 Å². The van der Waals surface area contributed by atoms with Gasteiger partial charge >= 0.3 is 5.97 Å². The Morgan fingerprint density at radius 3 is 2.00 bits per heavy atom. The lowest BCUT2D eigenvalue weighted by Gasteiger charge is -2.46. The van der Waals surface area contributed by atoms with Crippen molar-refractivity contribution in [1.29, 1.82) is 0 Å². The van der Waals surface area contributed by atoms with Crippen LogP contribution in [0.2, 0.25) is 0 Å². The van der Waals surface area contributed by atoms with Crippen LogP contribution in [0.15, 0.2) is 0 Å². The molecule has 3 fully saturated rings. The molecule has 3 saturated carbocycles. The van der Waals surface area contributed by atoms with Gasteiger partial charge in [0.05, 0.1) is 12.0 Å². The molecule has 166 valence electrons. The Morgan fingerprint density at radius 2 is 1.41 bits per heavy atom. The summed E-state index contributed by atoms with van der Waals surface area (Å²) in [6.45, 7) is 7.03. The van der Waals surface area contributed by atoms with E-state index in [4.69, 9.17) is 4.74 Å². The van der Waals surface area contributed by atoms with Crippen LogP contribution in [0, 0.1) is 35.0 Å². The van der Waals surface area contributed by atoms with Gasteiger partial charge in [-0.25, -0.2) is 0 Å².